The largest absolute Gasteiger partial charge is 0.448 e. The summed E-state index contributed by atoms with van der Waals surface area (Å²) in [6.07, 6.45) is 1.30. The summed E-state index contributed by atoms with van der Waals surface area (Å²) in [6, 6.07) is 9.88. The molecule has 1 aromatic carbocycles. The summed E-state index contributed by atoms with van der Waals surface area (Å²) in [5.41, 5.74) is 0.939. The number of aryl methyl sites for hydroxylation is 1. The average Bonchev–Trinajstić information content (AvgIpc) is 2.91. The van der Waals surface area contributed by atoms with Crippen LogP contribution in [0.3, 0.4) is 0 Å². The first-order chi connectivity index (χ1) is 10.5. The average molecular weight is 302 g/mol. The second-order valence-corrected chi connectivity index (χ2v) is 5.88. The van der Waals surface area contributed by atoms with E-state index in [0.717, 1.165) is 5.56 Å². The molecule has 1 aromatic heterocycles. The number of hydrogen-bond donors (Lipinski definition) is 0. The lowest BCUT2D eigenvalue weighted by atomic mass is 10.0. The van der Waals surface area contributed by atoms with Gasteiger partial charge in [0, 0.05) is 13.7 Å². The zero-order valence-electron chi connectivity index (χ0n) is 13.5. The summed E-state index contributed by atoms with van der Waals surface area (Å²) in [5, 5.41) is 0. The number of nitrogens with zero attached hydrogens (tertiary/aromatic N) is 2. The van der Waals surface area contributed by atoms with Gasteiger partial charge in [0.05, 0.1) is 12.1 Å². The van der Waals surface area contributed by atoms with Crippen LogP contribution in [0, 0.1) is 6.92 Å². The maximum Gasteiger partial charge on any atom is 0.276 e. The van der Waals surface area contributed by atoms with Crippen LogP contribution in [0.5, 0.6) is 0 Å². The topological polar surface area (TPSA) is 55.6 Å². The SMILES string of the molecule is COCC(C)(C)N(Cc1ccccc1)C(=O)c1ncoc1C. The van der Waals surface area contributed by atoms with Crippen LogP contribution in [-0.4, -0.2) is 35.0 Å². The number of methoxy groups -OCH3 is 1. The van der Waals surface area contributed by atoms with Crippen molar-refractivity contribution in [3.8, 4) is 0 Å². The van der Waals surface area contributed by atoms with Gasteiger partial charge in [-0.3, -0.25) is 4.79 Å². The Labute approximate surface area is 130 Å². The Hall–Kier alpha value is -2.14. The highest BCUT2D eigenvalue weighted by Crippen LogP contribution is 2.22. The molecule has 22 heavy (non-hydrogen) atoms. The number of oxazole rings is 1. The highest BCUT2D eigenvalue weighted by atomic mass is 16.5. The van der Waals surface area contributed by atoms with E-state index in [-0.39, 0.29) is 5.91 Å². The molecule has 0 aliphatic heterocycles. The monoisotopic (exact) mass is 302 g/mol. The van der Waals surface area contributed by atoms with E-state index in [2.05, 4.69) is 4.98 Å². The lowest BCUT2D eigenvalue weighted by molar-refractivity contribution is 0.0225. The lowest BCUT2D eigenvalue weighted by Crippen LogP contribution is -2.50. The van der Waals surface area contributed by atoms with Gasteiger partial charge in [-0.1, -0.05) is 30.3 Å². The van der Waals surface area contributed by atoms with Crippen LogP contribution in [0.25, 0.3) is 0 Å². The lowest BCUT2D eigenvalue weighted by Gasteiger charge is -2.38. The van der Waals surface area contributed by atoms with E-state index in [1.54, 1.807) is 18.9 Å². The predicted molar refractivity (Wildman–Crippen MR) is 83.5 cm³/mol. The molecule has 0 fully saturated rings. The standard InChI is InChI=1S/C17H22N2O3/c1-13-15(18-12-22-13)16(20)19(17(2,3)11-21-4)10-14-8-6-5-7-9-14/h5-9,12H,10-11H2,1-4H3. The summed E-state index contributed by atoms with van der Waals surface area (Å²) < 4.78 is 10.5. The highest BCUT2D eigenvalue weighted by molar-refractivity contribution is 5.93. The normalized spacial score (nSPS) is 11.5. The van der Waals surface area contributed by atoms with Crippen LogP contribution in [0.2, 0.25) is 0 Å². The highest BCUT2D eigenvalue weighted by Gasteiger charge is 2.33. The molecular weight excluding hydrogens is 280 g/mol. The molecule has 0 aliphatic carbocycles. The molecule has 1 heterocycles. The van der Waals surface area contributed by atoms with Gasteiger partial charge in [0.25, 0.3) is 5.91 Å². The van der Waals surface area contributed by atoms with Crippen molar-refractivity contribution in [2.24, 2.45) is 0 Å². The van der Waals surface area contributed by atoms with E-state index < -0.39 is 5.54 Å². The summed E-state index contributed by atoms with van der Waals surface area (Å²) in [7, 11) is 1.63. The molecule has 0 unspecified atom stereocenters. The molecule has 0 bridgehead atoms. The van der Waals surface area contributed by atoms with Crippen molar-refractivity contribution < 1.29 is 13.9 Å². The van der Waals surface area contributed by atoms with Crippen LogP contribution in [0.1, 0.15) is 35.7 Å². The fourth-order valence-corrected chi connectivity index (χ4v) is 2.40. The summed E-state index contributed by atoms with van der Waals surface area (Å²) >= 11 is 0. The minimum Gasteiger partial charge on any atom is -0.448 e. The van der Waals surface area contributed by atoms with Crippen molar-refractivity contribution in [1.82, 2.24) is 9.88 Å². The van der Waals surface area contributed by atoms with E-state index in [1.807, 2.05) is 44.2 Å². The van der Waals surface area contributed by atoms with E-state index in [4.69, 9.17) is 9.15 Å². The van der Waals surface area contributed by atoms with Crippen molar-refractivity contribution in [2.45, 2.75) is 32.9 Å². The van der Waals surface area contributed by atoms with Gasteiger partial charge in [-0.25, -0.2) is 4.98 Å². The van der Waals surface area contributed by atoms with Gasteiger partial charge in [-0.2, -0.15) is 0 Å². The summed E-state index contributed by atoms with van der Waals surface area (Å²) in [4.78, 5) is 18.7. The van der Waals surface area contributed by atoms with Gasteiger partial charge in [0.15, 0.2) is 12.1 Å². The van der Waals surface area contributed by atoms with Crippen molar-refractivity contribution in [1.29, 1.82) is 0 Å². The molecule has 0 saturated carbocycles. The Balaban J connectivity index is 2.33. The minimum absolute atomic E-state index is 0.155. The maximum atomic E-state index is 12.9. The van der Waals surface area contributed by atoms with Gasteiger partial charge in [0.2, 0.25) is 0 Å². The van der Waals surface area contributed by atoms with Crippen LogP contribution >= 0.6 is 0 Å². The number of rotatable bonds is 6. The van der Waals surface area contributed by atoms with Crippen molar-refractivity contribution >= 4 is 5.91 Å². The Morgan fingerprint density at radius 1 is 1.32 bits per heavy atom. The fourth-order valence-electron chi connectivity index (χ4n) is 2.40. The van der Waals surface area contributed by atoms with Crippen molar-refractivity contribution in [3.63, 3.8) is 0 Å². The number of aromatic nitrogens is 1. The molecule has 5 heteroatoms. The molecule has 5 nitrogen and oxygen atoms in total. The molecule has 0 spiro atoms. The predicted octanol–water partition coefficient (Wildman–Crippen LogP) is 3.05. The zero-order chi connectivity index (χ0) is 16.2. The Bertz CT molecular complexity index is 620. The van der Waals surface area contributed by atoms with Crippen LogP contribution in [0.15, 0.2) is 41.1 Å². The minimum atomic E-state index is -0.465. The summed E-state index contributed by atoms with van der Waals surface area (Å²) in [6.45, 7) is 6.62. The molecule has 0 atom stereocenters. The number of carbonyl (C=O) groups is 1. The van der Waals surface area contributed by atoms with E-state index in [9.17, 15) is 4.79 Å². The third kappa shape index (κ3) is 3.54. The first-order valence-electron chi connectivity index (χ1n) is 7.20. The maximum absolute atomic E-state index is 12.9. The van der Waals surface area contributed by atoms with Crippen molar-refractivity contribution in [2.75, 3.05) is 13.7 Å². The first kappa shape index (κ1) is 16.2. The number of ether oxygens (including phenoxy) is 1. The molecule has 0 aliphatic rings. The van der Waals surface area contributed by atoms with E-state index in [0.29, 0.717) is 24.6 Å². The van der Waals surface area contributed by atoms with E-state index in [1.165, 1.54) is 6.39 Å². The van der Waals surface area contributed by atoms with Crippen LogP contribution < -0.4 is 0 Å². The smallest absolute Gasteiger partial charge is 0.276 e. The molecule has 2 rings (SSSR count). The first-order valence-corrected chi connectivity index (χ1v) is 7.20. The van der Waals surface area contributed by atoms with Crippen LogP contribution in [-0.2, 0) is 11.3 Å². The zero-order valence-corrected chi connectivity index (χ0v) is 13.5. The number of hydrogen-bond acceptors (Lipinski definition) is 4. The fraction of sp³-hybridized carbons (Fsp3) is 0.412. The number of amides is 1. The molecule has 0 N–H and O–H groups in total. The van der Waals surface area contributed by atoms with Gasteiger partial charge >= 0.3 is 0 Å². The Morgan fingerprint density at radius 2 is 2.00 bits per heavy atom. The number of carbonyl (C=O) groups excluding carboxylic acids is 1. The van der Waals surface area contributed by atoms with E-state index >= 15 is 0 Å². The summed E-state index contributed by atoms with van der Waals surface area (Å²) in [5.74, 6) is 0.369. The molecule has 0 saturated heterocycles. The van der Waals surface area contributed by atoms with Crippen LogP contribution in [0.4, 0.5) is 0 Å². The molecular formula is C17H22N2O3. The Morgan fingerprint density at radius 3 is 2.55 bits per heavy atom. The van der Waals surface area contributed by atoms with Gasteiger partial charge < -0.3 is 14.1 Å². The quantitative estimate of drug-likeness (QED) is 0.823. The van der Waals surface area contributed by atoms with Gasteiger partial charge in [0.1, 0.15) is 5.76 Å². The molecule has 0 radical (unpaired) electrons. The molecule has 118 valence electrons. The second-order valence-electron chi connectivity index (χ2n) is 5.88. The van der Waals surface area contributed by atoms with Crippen molar-refractivity contribution in [3.05, 3.63) is 53.7 Å². The number of benzene rings is 1. The van der Waals surface area contributed by atoms with Gasteiger partial charge in [-0.05, 0) is 26.3 Å². The second kappa shape index (κ2) is 6.75. The third-order valence-electron chi connectivity index (χ3n) is 3.60. The van der Waals surface area contributed by atoms with Gasteiger partial charge in [-0.15, -0.1) is 0 Å². The molecule has 2 aromatic rings. The third-order valence-corrected chi connectivity index (χ3v) is 3.60. The Kier molecular flexibility index (Phi) is 4.98. The molecule has 1 amide bonds.